The summed E-state index contributed by atoms with van der Waals surface area (Å²) in [5.41, 5.74) is 2.26. The van der Waals surface area contributed by atoms with E-state index >= 15 is 0 Å². The van der Waals surface area contributed by atoms with E-state index in [1.807, 2.05) is 12.1 Å². The number of nitrogens with one attached hydrogen (secondary N) is 2. The summed E-state index contributed by atoms with van der Waals surface area (Å²) in [6, 6.07) is 8.20. The first-order valence-electron chi connectivity index (χ1n) is 10.1. The van der Waals surface area contributed by atoms with Crippen LogP contribution in [0.1, 0.15) is 25.8 Å². The van der Waals surface area contributed by atoms with Crippen molar-refractivity contribution < 1.29 is 9.69 Å². The molecular formula is C21H33N4OS+. The zero-order valence-corrected chi connectivity index (χ0v) is 17.6. The van der Waals surface area contributed by atoms with E-state index in [2.05, 4.69) is 48.0 Å². The minimum Gasteiger partial charge on any atom is -0.338 e. The Morgan fingerprint density at radius 3 is 2.41 bits per heavy atom. The van der Waals surface area contributed by atoms with Crippen LogP contribution >= 0.6 is 12.2 Å². The molecule has 3 rings (SSSR count). The molecule has 5 nitrogen and oxygen atoms in total. The van der Waals surface area contributed by atoms with Gasteiger partial charge in [-0.3, -0.25) is 4.79 Å². The molecule has 2 saturated heterocycles. The summed E-state index contributed by atoms with van der Waals surface area (Å²) in [4.78, 5) is 18.4. The lowest BCUT2D eigenvalue weighted by atomic mass is 9.92. The van der Waals surface area contributed by atoms with E-state index in [-0.39, 0.29) is 0 Å². The predicted octanol–water partition coefficient (Wildman–Crippen LogP) is 1.40. The van der Waals surface area contributed by atoms with Crippen LogP contribution in [0.25, 0.3) is 0 Å². The Morgan fingerprint density at radius 1 is 1.15 bits per heavy atom. The number of nitrogens with zero attached hydrogens (tertiary/aromatic N) is 2. The fraction of sp³-hybridized carbons (Fsp3) is 0.619. The number of quaternary nitrogens is 1. The summed E-state index contributed by atoms with van der Waals surface area (Å²) >= 11 is 5.60. The van der Waals surface area contributed by atoms with E-state index in [1.54, 1.807) is 0 Å². The van der Waals surface area contributed by atoms with Gasteiger partial charge in [-0.05, 0) is 49.0 Å². The van der Waals surface area contributed by atoms with Crippen LogP contribution < -0.4 is 10.2 Å². The molecule has 27 heavy (non-hydrogen) atoms. The van der Waals surface area contributed by atoms with Gasteiger partial charge in [0.05, 0.1) is 26.2 Å². The molecule has 0 saturated carbocycles. The summed E-state index contributed by atoms with van der Waals surface area (Å²) in [6.45, 7) is 12.8. The molecule has 2 aliphatic rings. The lowest BCUT2D eigenvalue weighted by Gasteiger charge is -2.37. The number of thiocarbonyl (C=S) groups is 1. The van der Waals surface area contributed by atoms with Gasteiger partial charge in [0.15, 0.2) is 11.7 Å². The van der Waals surface area contributed by atoms with Gasteiger partial charge in [0.2, 0.25) is 0 Å². The second kappa shape index (κ2) is 9.02. The van der Waals surface area contributed by atoms with Crippen LogP contribution in [0.5, 0.6) is 0 Å². The third-order valence-corrected chi connectivity index (χ3v) is 6.13. The van der Waals surface area contributed by atoms with Crippen LogP contribution in [0, 0.1) is 18.8 Å². The van der Waals surface area contributed by atoms with E-state index in [9.17, 15) is 4.79 Å². The van der Waals surface area contributed by atoms with E-state index < -0.39 is 0 Å². The Labute approximate surface area is 168 Å². The first-order valence-corrected chi connectivity index (χ1v) is 10.6. The molecule has 2 heterocycles. The van der Waals surface area contributed by atoms with Gasteiger partial charge >= 0.3 is 0 Å². The van der Waals surface area contributed by atoms with E-state index in [1.165, 1.54) is 16.9 Å². The van der Waals surface area contributed by atoms with Gasteiger partial charge in [0.25, 0.3) is 5.91 Å². The molecule has 0 bridgehead atoms. The molecule has 0 aliphatic carbocycles. The van der Waals surface area contributed by atoms with Gasteiger partial charge in [-0.2, -0.15) is 0 Å². The van der Waals surface area contributed by atoms with Crippen LogP contribution in [0.15, 0.2) is 24.3 Å². The smallest absolute Gasteiger partial charge is 0.277 e. The average Bonchev–Trinajstić information content (AvgIpc) is 2.63. The average molecular weight is 390 g/mol. The molecule has 1 amide bonds. The van der Waals surface area contributed by atoms with Crippen molar-refractivity contribution in [2.45, 2.75) is 27.2 Å². The predicted molar refractivity (Wildman–Crippen MR) is 114 cm³/mol. The number of para-hydroxylation sites is 1. The van der Waals surface area contributed by atoms with Crippen LogP contribution in [0.4, 0.5) is 5.69 Å². The molecule has 0 radical (unpaired) electrons. The van der Waals surface area contributed by atoms with Crippen LogP contribution in [-0.2, 0) is 4.79 Å². The van der Waals surface area contributed by atoms with Gasteiger partial charge < -0.3 is 20.0 Å². The minimum absolute atomic E-state index is 0.317. The maximum absolute atomic E-state index is 12.7. The van der Waals surface area contributed by atoms with Crippen molar-refractivity contribution in [3.63, 3.8) is 0 Å². The monoisotopic (exact) mass is 389 g/mol. The molecule has 1 aromatic rings. The summed E-state index contributed by atoms with van der Waals surface area (Å²) < 4.78 is 0. The maximum Gasteiger partial charge on any atom is 0.277 e. The Morgan fingerprint density at radius 2 is 1.78 bits per heavy atom. The topological polar surface area (TPSA) is 40.0 Å². The molecule has 2 aliphatic heterocycles. The Balaban J connectivity index is 1.45. The first kappa shape index (κ1) is 20.1. The first-order chi connectivity index (χ1) is 12.9. The van der Waals surface area contributed by atoms with Crippen molar-refractivity contribution >= 4 is 28.9 Å². The molecule has 0 unspecified atom stereocenters. The van der Waals surface area contributed by atoms with Crippen molar-refractivity contribution in [3.8, 4) is 0 Å². The highest BCUT2D eigenvalue weighted by Crippen LogP contribution is 2.20. The second-order valence-electron chi connectivity index (χ2n) is 8.40. The number of carbonyl (C=O) groups is 1. The molecule has 2 atom stereocenters. The number of carbonyl (C=O) groups excluding carboxylic acids is 1. The summed E-state index contributed by atoms with van der Waals surface area (Å²) in [6.07, 6.45) is 1.24. The fourth-order valence-electron chi connectivity index (χ4n) is 4.30. The van der Waals surface area contributed by atoms with Crippen LogP contribution in [0.3, 0.4) is 0 Å². The standard InChI is InChI=1S/C21H32N4OS/c1-16-12-17(2)14-25(13-16)20(26)15-23-8-10-24(11-9-23)21(27)22-19-7-5-4-6-18(19)3/h4-7,16-17H,8-15H2,1-3H3,(H,22,27)/p+1/t16-,17+. The van der Waals surface area contributed by atoms with Gasteiger partial charge in [-0.15, -0.1) is 0 Å². The highest BCUT2D eigenvalue weighted by atomic mass is 32.1. The number of piperidine rings is 1. The van der Waals surface area contributed by atoms with Crippen LogP contribution in [0.2, 0.25) is 0 Å². The van der Waals surface area contributed by atoms with Gasteiger partial charge in [-0.25, -0.2) is 0 Å². The Bertz CT molecular complexity index is 662. The molecule has 2 fully saturated rings. The van der Waals surface area contributed by atoms with E-state index in [0.717, 1.165) is 50.1 Å². The van der Waals surface area contributed by atoms with Gasteiger partial charge in [0, 0.05) is 18.8 Å². The zero-order valence-electron chi connectivity index (χ0n) is 16.8. The van der Waals surface area contributed by atoms with Crippen LogP contribution in [-0.4, -0.2) is 66.6 Å². The van der Waals surface area contributed by atoms with E-state index in [4.69, 9.17) is 12.2 Å². The largest absolute Gasteiger partial charge is 0.338 e. The molecule has 2 N–H and O–H groups in total. The number of benzene rings is 1. The summed E-state index contributed by atoms with van der Waals surface area (Å²) in [5, 5.41) is 4.16. The molecular weight excluding hydrogens is 356 g/mol. The van der Waals surface area contributed by atoms with E-state index in [0.29, 0.717) is 24.3 Å². The molecule has 0 aromatic heterocycles. The van der Waals surface area contributed by atoms with Crippen molar-refractivity contribution in [3.05, 3.63) is 29.8 Å². The quantitative estimate of drug-likeness (QED) is 0.767. The highest BCUT2D eigenvalue weighted by Gasteiger charge is 2.29. The SMILES string of the molecule is Cc1ccccc1NC(=S)N1CC[NH+](CC(=O)N2C[C@H](C)C[C@H](C)C2)CC1. The summed E-state index contributed by atoms with van der Waals surface area (Å²) in [7, 11) is 0. The zero-order chi connectivity index (χ0) is 19.4. The Hall–Kier alpha value is -1.66. The fourth-order valence-corrected chi connectivity index (χ4v) is 4.60. The third kappa shape index (κ3) is 5.42. The molecule has 0 spiro atoms. The number of anilines is 1. The number of hydrogen-bond acceptors (Lipinski definition) is 2. The molecule has 6 heteroatoms. The van der Waals surface area contributed by atoms with Gasteiger partial charge in [0.1, 0.15) is 0 Å². The second-order valence-corrected chi connectivity index (χ2v) is 8.79. The number of amides is 1. The van der Waals surface area contributed by atoms with Crippen molar-refractivity contribution in [1.82, 2.24) is 9.80 Å². The lowest BCUT2D eigenvalue weighted by Crippen LogP contribution is -3.15. The number of rotatable bonds is 3. The highest BCUT2D eigenvalue weighted by molar-refractivity contribution is 7.80. The third-order valence-electron chi connectivity index (χ3n) is 5.77. The van der Waals surface area contributed by atoms with Crippen molar-refractivity contribution in [1.29, 1.82) is 0 Å². The normalized spacial score (nSPS) is 24.0. The minimum atomic E-state index is 0.317. The number of hydrogen-bond donors (Lipinski definition) is 2. The Kier molecular flexibility index (Phi) is 6.71. The number of piperazine rings is 1. The number of likely N-dealkylation sites (tertiary alicyclic amines) is 1. The van der Waals surface area contributed by atoms with Gasteiger partial charge in [-0.1, -0.05) is 32.0 Å². The van der Waals surface area contributed by atoms with Crippen molar-refractivity contribution in [2.24, 2.45) is 11.8 Å². The molecule has 1 aromatic carbocycles. The number of aryl methyl sites for hydroxylation is 1. The maximum atomic E-state index is 12.7. The van der Waals surface area contributed by atoms with Crippen molar-refractivity contribution in [2.75, 3.05) is 51.1 Å². The summed E-state index contributed by atoms with van der Waals surface area (Å²) in [5.74, 6) is 1.56. The molecule has 148 valence electrons. The lowest BCUT2D eigenvalue weighted by molar-refractivity contribution is -0.896.